The highest BCUT2D eigenvalue weighted by atomic mass is 35.7. The summed E-state index contributed by atoms with van der Waals surface area (Å²) < 4.78 is 34.0. The normalized spacial score (nSPS) is 11.0. The van der Waals surface area contributed by atoms with E-state index in [1.165, 1.54) is 22.0 Å². The zero-order valence-electron chi connectivity index (χ0n) is 11.6. The van der Waals surface area contributed by atoms with E-state index in [0.717, 1.165) is 0 Å². The minimum atomic E-state index is -4.94. The van der Waals surface area contributed by atoms with Gasteiger partial charge in [0, 0.05) is 0 Å². The molecule has 0 fully saturated rings. The van der Waals surface area contributed by atoms with Gasteiger partial charge in [-0.1, -0.05) is 43.3 Å². The molecule has 0 heterocycles. The van der Waals surface area contributed by atoms with Crippen molar-refractivity contribution in [2.75, 3.05) is 5.75 Å². The van der Waals surface area contributed by atoms with Crippen LogP contribution in [0.2, 0.25) is 0 Å². The molecule has 0 spiro atoms. The van der Waals surface area contributed by atoms with Crippen LogP contribution in [0.15, 0.2) is 70.5 Å². The average Bonchev–Trinajstić information content (AvgIpc) is 2.45. The Labute approximate surface area is 129 Å². The van der Waals surface area contributed by atoms with Crippen LogP contribution in [0.5, 0.6) is 0 Å². The Balaban J connectivity index is 0.000000383. The molecule has 4 nitrogen and oxygen atoms in total. The third kappa shape index (κ3) is 8.06. The van der Waals surface area contributed by atoms with E-state index in [1.54, 1.807) is 0 Å². The highest BCUT2D eigenvalue weighted by Crippen LogP contribution is 2.23. The maximum absolute atomic E-state index is 8.49. The maximum Gasteiger partial charge on any atom is 0.160 e. The monoisotopic (exact) mass is 328 g/mol. The molecular formula is C15H17ClO4S. The first-order valence-corrected chi connectivity index (χ1v) is 8.97. The predicted octanol–water partition coefficient (Wildman–Crippen LogP) is -0.623. The van der Waals surface area contributed by atoms with Gasteiger partial charge in [-0.15, -0.1) is 10.2 Å². The van der Waals surface area contributed by atoms with Crippen molar-refractivity contribution in [1.29, 1.82) is 0 Å². The second-order valence-corrected chi connectivity index (χ2v) is 6.99. The molecule has 0 amide bonds. The summed E-state index contributed by atoms with van der Waals surface area (Å²) in [6, 6.07) is 21.7. The minimum Gasteiger partial charge on any atom is -0.222 e. The Morgan fingerprint density at radius 3 is 1.38 bits per heavy atom. The summed E-state index contributed by atoms with van der Waals surface area (Å²) in [6.07, 6.45) is 1.23. The van der Waals surface area contributed by atoms with Crippen LogP contribution in [0.3, 0.4) is 0 Å². The Morgan fingerprint density at radius 2 is 1.10 bits per heavy atom. The van der Waals surface area contributed by atoms with Crippen LogP contribution in [0.25, 0.3) is 0 Å². The van der Waals surface area contributed by atoms with Gasteiger partial charge in [0.15, 0.2) is 9.79 Å². The van der Waals surface area contributed by atoms with E-state index >= 15 is 0 Å². The van der Waals surface area contributed by atoms with Gasteiger partial charge in [0.05, 0.1) is 10.9 Å². The molecule has 0 unspecified atom stereocenters. The van der Waals surface area contributed by atoms with Crippen LogP contribution >= 0.6 is 0 Å². The van der Waals surface area contributed by atoms with Crippen LogP contribution in [0.1, 0.15) is 13.3 Å². The Kier molecular flexibility index (Phi) is 7.74. The fraction of sp³-hybridized carbons (Fsp3) is 0.200. The summed E-state index contributed by atoms with van der Waals surface area (Å²) in [5, 5.41) is 0. The second kappa shape index (κ2) is 9.04. The summed E-state index contributed by atoms with van der Waals surface area (Å²) in [4.78, 5) is 2.91. The lowest BCUT2D eigenvalue weighted by atomic mass is 10.4. The molecular weight excluding hydrogens is 312 g/mol. The molecule has 0 N–H and O–H groups in total. The molecule has 0 bridgehead atoms. The van der Waals surface area contributed by atoms with E-state index in [4.69, 9.17) is 18.6 Å². The molecule has 114 valence electrons. The van der Waals surface area contributed by atoms with Gasteiger partial charge in [-0.2, -0.15) is 0 Å². The lowest BCUT2D eigenvalue weighted by Gasteiger charge is -2.17. The van der Waals surface area contributed by atoms with Crippen LogP contribution in [-0.2, 0) is 10.9 Å². The van der Waals surface area contributed by atoms with Crippen molar-refractivity contribution in [3.63, 3.8) is 0 Å². The molecule has 0 atom stereocenters. The van der Waals surface area contributed by atoms with E-state index < -0.39 is 10.2 Å². The first-order chi connectivity index (χ1) is 9.92. The number of rotatable bonds is 4. The maximum atomic E-state index is 8.49. The van der Waals surface area contributed by atoms with Crippen molar-refractivity contribution >= 4 is 10.9 Å². The van der Waals surface area contributed by atoms with E-state index in [9.17, 15) is 0 Å². The number of halogens is 1. The highest BCUT2D eigenvalue weighted by Gasteiger charge is 2.22. The summed E-state index contributed by atoms with van der Waals surface area (Å²) in [7, 11) is -4.70. The average molecular weight is 329 g/mol. The molecule has 0 saturated heterocycles. The zero-order chi connectivity index (χ0) is 15.7. The van der Waals surface area contributed by atoms with Crippen LogP contribution in [0, 0.1) is 10.2 Å². The molecule has 0 aromatic heterocycles. The Bertz CT molecular complexity index is 457. The third-order valence-electron chi connectivity index (χ3n) is 2.46. The lowest BCUT2D eigenvalue weighted by molar-refractivity contribution is -2.00. The predicted molar refractivity (Wildman–Crippen MR) is 71.9 cm³/mol. The van der Waals surface area contributed by atoms with Crippen LogP contribution in [-0.4, -0.2) is 5.75 Å². The first kappa shape index (κ1) is 18.0. The summed E-state index contributed by atoms with van der Waals surface area (Å²) in [5.41, 5.74) is 0. The Morgan fingerprint density at radius 1 is 0.762 bits per heavy atom. The molecule has 0 radical (unpaired) electrons. The third-order valence-corrected chi connectivity index (χ3v) is 4.96. The fourth-order valence-corrected chi connectivity index (χ4v) is 3.87. The summed E-state index contributed by atoms with van der Waals surface area (Å²) >= 11 is 0. The summed E-state index contributed by atoms with van der Waals surface area (Å²) in [5.74, 6) is 1.24. The molecule has 2 aromatic rings. The molecule has 2 aromatic carbocycles. The van der Waals surface area contributed by atoms with Gasteiger partial charge in [0.1, 0.15) is 5.75 Å². The van der Waals surface area contributed by atoms with Crippen molar-refractivity contribution in [3.05, 3.63) is 60.7 Å². The van der Waals surface area contributed by atoms with Crippen molar-refractivity contribution in [1.82, 2.24) is 0 Å². The zero-order valence-corrected chi connectivity index (χ0v) is 13.2. The minimum absolute atomic E-state index is 0.249. The van der Waals surface area contributed by atoms with Gasteiger partial charge in [-0.3, -0.25) is 0 Å². The van der Waals surface area contributed by atoms with Crippen molar-refractivity contribution in [2.24, 2.45) is 0 Å². The van der Waals surface area contributed by atoms with E-state index in [-0.39, 0.29) is 10.9 Å². The number of hydrogen-bond acceptors (Lipinski definition) is 4. The fourth-order valence-electron chi connectivity index (χ4n) is 1.75. The topological polar surface area (TPSA) is 92.2 Å². The van der Waals surface area contributed by atoms with Crippen LogP contribution in [0.4, 0.5) is 0 Å². The van der Waals surface area contributed by atoms with Crippen molar-refractivity contribution < 1.29 is 28.9 Å². The standard InChI is InChI=1S/C15H17S.ClHO4/c1-2-13-16(14-9-5-3-6-10-14)15-11-7-4-8-12-15;2-1(3,4)5/h3-12H,2,13H2,1H3;(H,2,3,4,5)/q+1;/p-1. The van der Waals surface area contributed by atoms with E-state index in [1.807, 2.05) is 0 Å². The first-order valence-electron chi connectivity index (χ1n) is 6.34. The molecule has 0 aliphatic carbocycles. The van der Waals surface area contributed by atoms with Gasteiger partial charge in [-0.05, 0) is 30.7 Å². The molecule has 0 saturated carbocycles. The van der Waals surface area contributed by atoms with Crippen molar-refractivity contribution in [2.45, 2.75) is 23.1 Å². The molecule has 2 rings (SSSR count). The van der Waals surface area contributed by atoms with Gasteiger partial charge < -0.3 is 0 Å². The van der Waals surface area contributed by atoms with Crippen molar-refractivity contribution in [3.8, 4) is 0 Å². The molecule has 0 aliphatic rings. The van der Waals surface area contributed by atoms with Gasteiger partial charge in [-0.25, -0.2) is 18.6 Å². The van der Waals surface area contributed by atoms with Gasteiger partial charge in [0.25, 0.3) is 0 Å². The number of hydrogen-bond donors (Lipinski definition) is 0. The largest absolute Gasteiger partial charge is 0.222 e. The molecule has 21 heavy (non-hydrogen) atoms. The van der Waals surface area contributed by atoms with E-state index in [0.29, 0.717) is 0 Å². The van der Waals surface area contributed by atoms with Gasteiger partial charge in [0.2, 0.25) is 0 Å². The van der Waals surface area contributed by atoms with Gasteiger partial charge >= 0.3 is 0 Å². The highest BCUT2D eigenvalue weighted by molar-refractivity contribution is 7.97. The lowest BCUT2D eigenvalue weighted by Crippen LogP contribution is -2.68. The smallest absolute Gasteiger partial charge is 0.160 e. The quantitative estimate of drug-likeness (QED) is 0.699. The SMILES string of the molecule is CCC[S+](c1ccccc1)c1ccccc1.[O-][Cl+3]([O-])([O-])[O-]. The second-order valence-electron chi connectivity index (χ2n) is 4.10. The van der Waals surface area contributed by atoms with E-state index in [2.05, 4.69) is 67.6 Å². The molecule has 6 heteroatoms. The Hall–Kier alpha value is -1.08. The van der Waals surface area contributed by atoms with Crippen LogP contribution < -0.4 is 18.6 Å². The number of benzene rings is 2. The molecule has 0 aliphatic heterocycles. The summed E-state index contributed by atoms with van der Waals surface area (Å²) in [6.45, 7) is 2.26.